The van der Waals surface area contributed by atoms with Gasteiger partial charge in [0, 0.05) is 19.1 Å². The maximum absolute atomic E-state index is 12.3. The van der Waals surface area contributed by atoms with Crippen LogP contribution < -0.4 is 10.2 Å². The number of anilines is 1. The number of alkyl carbamates (subject to hydrolysis) is 1. The van der Waals surface area contributed by atoms with Crippen LogP contribution in [0.15, 0.2) is 12.4 Å². The first-order valence-electron chi connectivity index (χ1n) is 10.9. The number of aromatic nitrogens is 2. The molecule has 1 aliphatic carbocycles. The Labute approximate surface area is 177 Å². The highest BCUT2D eigenvalue weighted by atomic mass is 16.6. The fraction of sp³-hybridized carbons (Fsp3) is 0.762. The van der Waals surface area contributed by atoms with Crippen LogP contribution in [0, 0.1) is 22.0 Å². The molecule has 0 radical (unpaired) electrons. The highest BCUT2D eigenvalue weighted by Gasteiger charge is 2.32. The van der Waals surface area contributed by atoms with Crippen LogP contribution in [-0.2, 0) is 4.74 Å². The first kappa shape index (κ1) is 22.2. The summed E-state index contributed by atoms with van der Waals surface area (Å²) in [6, 6.07) is 0.152. The minimum absolute atomic E-state index is 0.0921. The zero-order valence-corrected chi connectivity index (χ0v) is 18.2. The fourth-order valence-electron chi connectivity index (χ4n) is 4.58. The van der Waals surface area contributed by atoms with Gasteiger partial charge in [0.1, 0.15) is 18.0 Å². The second-order valence-corrected chi connectivity index (χ2v) is 9.49. The Bertz CT molecular complexity index is 734. The number of nitrogens with zero attached hydrogens (tertiary/aromatic N) is 4. The molecule has 2 fully saturated rings. The average Bonchev–Trinajstić information content (AvgIpc) is 2.68. The minimum Gasteiger partial charge on any atom is -0.444 e. The van der Waals surface area contributed by atoms with Gasteiger partial charge in [0.2, 0.25) is 5.95 Å². The third kappa shape index (κ3) is 6.27. The number of ether oxygens (including phenoxy) is 1. The molecule has 30 heavy (non-hydrogen) atoms. The third-order valence-corrected chi connectivity index (χ3v) is 5.88. The van der Waals surface area contributed by atoms with Gasteiger partial charge in [0.05, 0.1) is 4.92 Å². The predicted octanol–water partition coefficient (Wildman–Crippen LogP) is 4.07. The Morgan fingerprint density at radius 2 is 1.93 bits per heavy atom. The Balaban J connectivity index is 1.58. The average molecular weight is 420 g/mol. The van der Waals surface area contributed by atoms with Crippen molar-refractivity contribution in [3.05, 3.63) is 22.5 Å². The number of rotatable bonds is 5. The molecule has 1 saturated heterocycles. The smallest absolute Gasteiger partial charge is 0.407 e. The molecule has 3 atom stereocenters. The van der Waals surface area contributed by atoms with Gasteiger partial charge in [-0.25, -0.2) is 14.8 Å². The monoisotopic (exact) mass is 419 g/mol. The summed E-state index contributed by atoms with van der Waals surface area (Å²) in [6.07, 6.45) is 9.87. The van der Waals surface area contributed by atoms with Gasteiger partial charge in [0.15, 0.2) is 0 Å². The van der Waals surface area contributed by atoms with Gasteiger partial charge in [0.25, 0.3) is 0 Å². The van der Waals surface area contributed by atoms with Crippen LogP contribution in [0.25, 0.3) is 0 Å². The zero-order valence-electron chi connectivity index (χ0n) is 18.2. The summed E-state index contributed by atoms with van der Waals surface area (Å²) in [7, 11) is 0. The maximum atomic E-state index is 12.3. The van der Waals surface area contributed by atoms with E-state index in [4.69, 9.17) is 4.74 Å². The number of carbonyl (C=O) groups excluding carboxylic acids is 1. The largest absolute Gasteiger partial charge is 0.444 e. The number of nitro groups is 1. The second kappa shape index (κ2) is 9.57. The molecular formula is C21H33N5O4. The lowest BCUT2D eigenvalue weighted by molar-refractivity contribution is -0.385. The minimum atomic E-state index is -0.497. The Kier molecular flexibility index (Phi) is 7.10. The number of piperidine rings is 1. The van der Waals surface area contributed by atoms with E-state index < -0.39 is 10.5 Å². The van der Waals surface area contributed by atoms with E-state index in [2.05, 4.69) is 20.2 Å². The SMILES string of the molecule is CC(C)(C)OC(=O)N[C@@H]1CCCC[C@H]1C[C@H]1CCCN(c2ncc([N+](=O)[O-])cn2)C1. The molecule has 0 spiro atoms. The van der Waals surface area contributed by atoms with E-state index in [1.54, 1.807) is 0 Å². The number of carbonyl (C=O) groups is 1. The van der Waals surface area contributed by atoms with Gasteiger partial charge < -0.3 is 15.0 Å². The van der Waals surface area contributed by atoms with Crippen LogP contribution in [0.1, 0.15) is 65.7 Å². The molecule has 9 heteroatoms. The lowest BCUT2D eigenvalue weighted by atomic mass is 9.77. The zero-order chi connectivity index (χ0) is 21.7. The molecular weight excluding hydrogens is 386 g/mol. The molecule has 3 rings (SSSR count). The number of hydrogen-bond acceptors (Lipinski definition) is 7. The highest BCUT2D eigenvalue weighted by Crippen LogP contribution is 2.33. The van der Waals surface area contributed by atoms with E-state index in [1.807, 2.05) is 20.8 Å². The van der Waals surface area contributed by atoms with E-state index in [9.17, 15) is 14.9 Å². The second-order valence-electron chi connectivity index (χ2n) is 9.49. The standard InChI is InChI=1S/C21H33N5O4/c1-21(2,3)30-20(27)24-18-9-5-4-8-16(18)11-15-7-6-10-25(14-15)19-22-12-17(13-23-19)26(28)29/h12-13,15-16,18H,4-11,14H2,1-3H3,(H,24,27)/t15-,16+,18-/m1/s1. The molecule has 2 heterocycles. The molecule has 0 aromatic carbocycles. The summed E-state index contributed by atoms with van der Waals surface area (Å²) in [5.41, 5.74) is -0.589. The first-order valence-corrected chi connectivity index (χ1v) is 10.9. The summed E-state index contributed by atoms with van der Waals surface area (Å²) >= 11 is 0. The van der Waals surface area contributed by atoms with Gasteiger partial charge in [-0.05, 0) is 64.7 Å². The molecule has 1 aromatic rings. The van der Waals surface area contributed by atoms with Crippen molar-refractivity contribution in [3.63, 3.8) is 0 Å². The summed E-state index contributed by atoms with van der Waals surface area (Å²) < 4.78 is 5.46. The van der Waals surface area contributed by atoms with Crippen molar-refractivity contribution in [1.29, 1.82) is 0 Å². The molecule has 0 bridgehead atoms. The van der Waals surface area contributed by atoms with E-state index in [0.29, 0.717) is 17.8 Å². The van der Waals surface area contributed by atoms with E-state index in [1.165, 1.54) is 18.8 Å². The van der Waals surface area contributed by atoms with Crippen LogP contribution in [0.2, 0.25) is 0 Å². The van der Waals surface area contributed by atoms with E-state index in [-0.39, 0.29) is 17.8 Å². The summed E-state index contributed by atoms with van der Waals surface area (Å²) in [6.45, 7) is 7.33. The molecule has 0 unspecified atom stereocenters. The quantitative estimate of drug-likeness (QED) is 0.565. The Morgan fingerprint density at radius 3 is 2.60 bits per heavy atom. The van der Waals surface area contributed by atoms with Crippen LogP contribution in [0.4, 0.5) is 16.4 Å². The van der Waals surface area contributed by atoms with Crippen molar-refractivity contribution in [3.8, 4) is 0 Å². The van der Waals surface area contributed by atoms with Gasteiger partial charge in [-0.15, -0.1) is 0 Å². The number of nitrogens with one attached hydrogen (secondary N) is 1. The van der Waals surface area contributed by atoms with E-state index >= 15 is 0 Å². The summed E-state index contributed by atoms with van der Waals surface area (Å²) in [5, 5.41) is 13.9. The van der Waals surface area contributed by atoms with Crippen molar-refractivity contribution in [2.45, 2.75) is 77.4 Å². The van der Waals surface area contributed by atoms with Crippen LogP contribution in [0.5, 0.6) is 0 Å². The molecule has 1 N–H and O–H groups in total. The van der Waals surface area contributed by atoms with Gasteiger partial charge >= 0.3 is 11.8 Å². The summed E-state index contributed by atoms with van der Waals surface area (Å²) in [4.78, 5) is 33.1. The number of amides is 1. The molecule has 9 nitrogen and oxygen atoms in total. The Hall–Kier alpha value is -2.45. The van der Waals surface area contributed by atoms with Crippen LogP contribution >= 0.6 is 0 Å². The molecule has 1 saturated carbocycles. The third-order valence-electron chi connectivity index (χ3n) is 5.88. The predicted molar refractivity (Wildman–Crippen MR) is 113 cm³/mol. The highest BCUT2D eigenvalue weighted by molar-refractivity contribution is 5.68. The van der Waals surface area contributed by atoms with Crippen molar-refractivity contribution < 1.29 is 14.5 Å². The van der Waals surface area contributed by atoms with Crippen molar-refractivity contribution in [1.82, 2.24) is 15.3 Å². The Morgan fingerprint density at radius 1 is 1.23 bits per heavy atom. The van der Waals surface area contributed by atoms with Gasteiger partial charge in [-0.1, -0.05) is 12.8 Å². The molecule has 2 aliphatic rings. The number of hydrogen-bond donors (Lipinski definition) is 1. The summed E-state index contributed by atoms with van der Waals surface area (Å²) in [5.74, 6) is 1.48. The van der Waals surface area contributed by atoms with Gasteiger partial charge in [-0.2, -0.15) is 0 Å². The van der Waals surface area contributed by atoms with E-state index in [0.717, 1.165) is 51.6 Å². The topological polar surface area (TPSA) is 110 Å². The fourth-order valence-corrected chi connectivity index (χ4v) is 4.58. The molecule has 1 amide bonds. The van der Waals surface area contributed by atoms with Crippen molar-refractivity contribution in [2.75, 3.05) is 18.0 Å². The normalized spacial score (nSPS) is 24.9. The van der Waals surface area contributed by atoms with Crippen molar-refractivity contribution >= 4 is 17.7 Å². The van der Waals surface area contributed by atoms with Gasteiger partial charge in [-0.3, -0.25) is 10.1 Å². The van der Waals surface area contributed by atoms with Crippen molar-refractivity contribution in [2.24, 2.45) is 11.8 Å². The maximum Gasteiger partial charge on any atom is 0.407 e. The molecule has 166 valence electrons. The van der Waals surface area contributed by atoms with Crippen LogP contribution in [-0.4, -0.2) is 45.7 Å². The molecule has 1 aromatic heterocycles. The lowest BCUT2D eigenvalue weighted by Gasteiger charge is -2.38. The lowest BCUT2D eigenvalue weighted by Crippen LogP contribution is -2.46. The first-order chi connectivity index (χ1) is 14.2. The van der Waals surface area contributed by atoms with Crippen LogP contribution in [0.3, 0.4) is 0 Å². The molecule has 1 aliphatic heterocycles.